The minimum absolute atomic E-state index is 0.255. The summed E-state index contributed by atoms with van der Waals surface area (Å²) >= 11 is 0. The first-order chi connectivity index (χ1) is 8.77. The Morgan fingerprint density at radius 2 is 1.39 bits per heavy atom. The molecule has 18 heavy (non-hydrogen) atoms. The fraction of sp³-hybridized carbons (Fsp3) is 0.176. The summed E-state index contributed by atoms with van der Waals surface area (Å²) < 4.78 is 0. The van der Waals surface area contributed by atoms with Crippen LogP contribution in [0.4, 0.5) is 0 Å². The van der Waals surface area contributed by atoms with E-state index in [0.717, 1.165) is 0 Å². The fourth-order valence-corrected chi connectivity index (χ4v) is 2.14. The van der Waals surface area contributed by atoms with Crippen molar-refractivity contribution in [3.8, 4) is 12.3 Å². The maximum atomic E-state index is 5.38. The van der Waals surface area contributed by atoms with E-state index in [-0.39, 0.29) is 5.54 Å². The smallest absolute Gasteiger partial charge is 0.0669 e. The molecule has 0 saturated heterocycles. The third kappa shape index (κ3) is 2.45. The highest BCUT2D eigenvalue weighted by molar-refractivity contribution is 5.37. The van der Waals surface area contributed by atoms with Crippen LogP contribution in [0.2, 0.25) is 0 Å². The summed E-state index contributed by atoms with van der Waals surface area (Å²) in [6.45, 7) is 2.70. The Morgan fingerprint density at radius 1 is 0.944 bits per heavy atom. The molecule has 2 rings (SSSR count). The minimum atomic E-state index is -0.255. The van der Waals surface area contributed by atoms with Crippen LogP contribution in [0.1, 0.15) is 18.1 Å². The average Bonchev–Trinajstić information content (AvgIpc) is 2.46. The van der Waals surface area contributed by atoms with E-state index in [9.17, 15) is 0 Å². The summed E-state index contributed by atoms with van der Waals surface area (Å²) in [6, 6.07) is 20.7. The highest BCUT2D eigenvalue weighted by atomic mass is 15.0. The lowest BCUT2D eigenvalue weighted by molar-refractivity contribution is 0.467. The summed E-state index contributed by atoms with van der Waals surface area (Å²) in [6.07, 6.45) is 5.38. The second-order valence-corrected chi connectivity index (χ2v) is 4.41. The summed E-state index contributed by atoms with van der Waals surface area (Å²) in [4.78, 5) is 0. The molecule has 0 unspecified atom stereocenters. The van der Waals surface area contributed by atoms with E-state index in [2.05, 4.69) is 42.4 Å². The second kappa shape index (κ2) is 5.53. The summed E-state index contributed by atoms with van der Waals surface area (Å²) in [5.41, 5.74) is 2.17. The molecular weight excluding hydrogens is 218 g/mol. The Hall–Kier alpha value is -2.04. The number of hydrogen-bond acceptors (Lipinski definition) is 1. The molecule has 1 N–H and O–H groups in total. The van der Waals surface area contributed by atoms with Gasteiger partial charge in [-0.15, -0.1) is 6.42 Å². The van der Waals surface area contributed by atoms with Gasteiger partial charge in [0.1, 0.15) is 0 Å². The van der Waals surface area contributed by atoms with Crippen LogP contribution in [-0.4, -0.2) is 6.54 Å². The van der Waals surface area contributed by atoms with E-state index < -0.39 is 0 Å². The Balaban J connectivity index is 2.45. The van der Waals surface area contributed by atoms with E-state index in [1.54, 1.807) is 0 Å². The van der Waals surface area contributed by atoms with Crippen molar-refractivity contribution < 1.29 is 0 Å². The molecule has 0 aliphatic carbocycles. The van der Waals surface area contributed by atoms with Crippen LogP contribution in [0.3, 0.4) is 0 Å². The van der Waals surface area contributed by atoms with Crippen molar-refractivity contribution in [1.29, 1.82) is 0 Å². The molecular formula is C17H17N. The first-order valence-electron chi connectivity index (χ1n) is 6.07. The molecule has 0 fully saturated rings. The fourth-order valence-electron chi connectivity index (χ4n) is 2.14. The van der Waals surface area contributed by atoms with Crippen LogP contribution < -0.4 is 5.32 Å². The number of benzene rings is 2. The van der Waals surface area contributed by atoms with Gasteiger partial charge in [-0.25, -0.2) is 0 Å². The van der Waals surface area contributed by atoms with Crippen LogP contribution in [0.5, 0.6) is 0 Å². The van der Waals surface area contributed by atoms with Gasteiger partial charge in [0, 0.05) is 0 Å². The number of terminal acetylenes is 1. The Labute approximate surface area is 109 Å². The van der Waals surface area contributed by atoms with Crippen molar-refractivity contribution in [3.63, 3.8) is 0 Å². The molecule has 90 valence electrons. The molecule has 1 heteroatoms. The molecule has 0 aromatic heterocycles. The van der Waals surface area contributed by atoms with Gasteiger partial charge in [0.25, 0.3) is 0 Å². The molecule has 0 spiro atoms. The van der Waals surface area contributed by atoms with Gasteiger partial charge >= 0.3 is 0 Å². The molecule has 0 bridgehead atoms. The largest absolute Gasteiger partial charge is 0.293 e. The molecule has 2 aromatic rings. The number of rotatable bonds is 4. The topological polar surface area (TPSA) is 12.0 Å². The zero-order valence-corrected chi connectivity index (χ0v) is 10.6. The Kier molecular flexibility index (Phi) is 3.82. The van der Waals surface area contributed by atoms with Crippen LogP contribution in [-0.2, 0) is 5.54 Å². The van der Waals surface area contributed by atoms with Gasteiger partial charge in [0.2, 0.25) is 0 Å². The minimum Gasteiger partial charge on any atom is -0.293 e. The predicted molar refractivity (Wildman–Crippen MR) is 76.2 cm³/mol. The van der Waals surface area contributed by atoms with Crippen LogP contribution in [0, 0.1) is 12.3 Å². The molecule has 0 heterocycles. The van der Waals surface area contributed by atoms with Crippen molar-refractivity contribution in [3.05, 3.63) is 71.8 Å². The summed E-state index contributed by atoms with van der Waals surface area (Å²) in [7, 11) is 0. The van der Waals surface area contributed by atoms with Crippen molar-refractivity contribution in [2.24, 2.45) is 0 Å². The van der Waals surface area contributed by atoms with E-state index >= 15 is 0 Å². The quantitative estimate of drug-likeness (QED) is 0.803. The SMILES string of the molecule is C#CCNC(C)(c1ccccc1)c1ccccc1. The van der Waals surface area contributed by atoms with E-state index in [0.29, 0.717) is 6.54 Å². The van der Waals surface area contributed by atoms with Gasteiger partial charge < -0.3 is 0 Å². The van der Waals surface area contributed by atoms with Crippen LogP contribution >= 0.6 is 0 Å². The number of hydrogen-bond donors (Lipinski definition) is 1. The molecule has 2 aromatic carbocycles. The maximum absolute atomic E-state index is 5.38. The van der Waals surface area contributed by atoms with Crippen molar-refractivity contribution in [1.82, 2.24) is 5.32 Å². The zero-order chi connectivity index (χ0) is 12.8. The average molecular weight is 235 g/mol. The van der Waals surface area contributed by atoms with Gasteiger partial charge in [-0.1, -0.05) is 66.6 Å². The standard InChI is InChI=1S/C17H17N/c1-3-14-18-17(2,15-10-6-4-7-11-15)16-12-8-5-9-13-16/h1,4-13,18H,14H2,2H3. The highest BCUT2D eigenvalue weighted by Crippen LogP contribution is 2.28. The molecule has 0 amide bonds. The molecule has 0 atom stereocenters. The molecule has 0 aliphatic heterocycles. The summed E-state index contributed by atoms with van der Waals surface area (Å²) in [5, 5.41) is 3.44. The van der Waals surface area contributed by atoms with Gasteiger partial charge in [-0.05, 0) is 18.1 Å². The van der Waals surface area contributed by atoms with Crippen molar-refractivity contribution >= 4 is 0 Å². The third-order valence-electron chi connectivity index (χ3n) is 3.25. The summed E-state index contributed by atoms with van der Waals surface area (Å²) in [5.74, 6) is 2.65. The lowest BCUT2D eigenvalue weighted by Gasteiger charge is -2.31. The monoisotopic (exact) mass is 235 g/mol. The number of nitrogens with one attached hydrogen (secondary N) is 1. The normalized spacial score (nSPS) is 10.9. The predicted octanol–water partition coefficient (Wildman–Crippen LogP) is 3.17. The van der Waals surface area contributed by atoms with Gasteiger partial charge in [0.05, 0.1) is 12.1 Å². The van der Waals surface area contributed by atoms with Crippen molar-refractivity contribution in [2.45, 2.75) is 12.5 Å². The van der Waals surface area contributed by atoms with E-state index in [1.807, 2.05) is 36.4 Å². The lowest BCUT2D eigenvalue weighted by atomic mass is 9.84. The Morgan fingerprint density at radius 3 is 1.78 bits per heavy atom. The van der Waals surface area contributed by atoms with Gasteiger partial charge in [-0.2, -0.15) is 0 Å². The molecule has 0 saturated carbocycles. The first kappa shape index (κ1) is 12.4. The molecule has 1 nitrogen and oxygen atoms in total. The van der Waals surface area contributed by atoms with Gasteiger partial charge in [0.15, 0.2) is 0 Å². The molecule has 0 radical (unpaired) electrons. The first-order valence-corrected chi connectivity index (χ1v) is 6.07. The lowest BCUT2D eigenvalue weighted by Crippen LogP contribution is -2.40. The van der Waals surface area contributed by atoms with E-state index in [1.165, 1.54) is 11.1 Å². The Bertz CT molecular complexity index is 483. The third-order valence-corrected chi connectivity index (χ3v) is 3.25. The van der Waals surface area contributed by atoms with Crippen molar-refractivity contribution in [2.75, 3.05) is 6.54 Å². The molecule has 0 aliphatic rings. The van der Waals surface area contributed by atoms with Gasteiger partial charge in [-0.3, -0.25) is 5.32 Å². The van der Waals surface area contributed by atoms with Crippen LogP contribution in [0.25, 0.3) is 0 Å². The zero-order valence-electron chi connectivity index (χ0n) is 10.6. The second-order valence-electron chi connectivity index (χ2n) is 4.41. The maximum Gasteiger partial charge on any atom is 0.0669 e. The van der Waals surface area contributed by atoms with Crippen LogP contribution in [0.15, 0.2) is 60.7 Å². The van der Waals surface area contributed by atoms with E-state index in [4.69, 9.17) is 6.42 Å². The highest BCUT2D eigenvalue weighted by Gasteiger charge is 2.27.